The molecule has 4 atom stereocenters. The van der Waals surface area contributed by atoms with Gasteiger partial charge in [-0.05, 0) is 35.4 Å². The number of methoxy groups -OCH3 is 1. The summed E-state index contributed by atoms with van der Waals surface area (Å²) in [6.45, 7) is 0. The highest BCUT2D eigenvalue weighted by Gasteiger charge is 2.65. The van der Waals surface area contributed by atoms with Crippen molar-refractivity contribution in [2.75, 3.05) is 17.3 Å². The number of anilines is 2. The van der Waals surface area contributed by atoms with Gasteiger partial charge in [0.15, 0.2) is 0 Å². The third-order valence-electron chi connectivity index (χ3n) is 7.15. The maximum Gasteiger partial charge on any atom is 0.339 e. The maximum absolute atomic E-state index is 14.0. The average Bonchev–Trinajstić information content (AvgIpc) is 3.41. The van der Waals surface area contributed by atoms with E-state index in [-0.39, 0.29) is 11.3 Å². The topological polar surface area (TPSA) is 108 Å². The highest BCUT2D eigenvalue weighted by atomic mass is 16.5. The van der Waals surface area contributed by atoms with E-state index in [0.717, 1.165) is 16.0 Å². The number of esters is 1. The molecule has 0 spiro atoms. The van der Waals surface area contributed by atoms with Crippen LogP contribution in [-0.4, -0.2) is 48.1 Å². The molecule has 2 fully saturated rings. The van der Waals surface area contributed by atoms with Crippen LogP contribution in [-0.2, 0) is 19.1 Å². The lowest BCUT2D eigenvalue weighted by atomic mass is 9.85. The Labute approximate surface area is 212 Å². The van der Waals surface area contributed by atoms with Crippen LogP contribution < -0.4 is 10.2 Å². The van der Waals surface area contributed by atoms with Gasteiger partial charge in [0.1, 0.15) is 6.04 Å². The van der Waals surface area contributed by atoms with Crippen LogP contribution in [0, 0.1) is 11.8 Å². The Balaban J connectivity index is 1.46. The molecule has 37 heavy (non-hydrogen) atoms. The fourth-order valence-corrected chi connectivity index (χ4v) is 5.59. The molecule has 184 valence electrons. The molecule has 9 nitrogen and oxygen atoms in total. The molecule has 0 aliphatic carbocycles. The van der Waals surface area contributed by atoms with Gasteiger partial charge in [-0.1, -0.05) is 54.6 Å². The van der Waals surface area contributed by atoms with Gasteiger partial charge < -0.3 is 10.1 Å². The summed E-state index contributed by atoms with van der Waals surface area (Å²) in [6.07, 6.45) is 1.65. The molecule has 1 unspecified atom stereocenters. The summed E-state index contributed by atoms with van der Waals surface area (Å²) in [7, 11) is 1.24. The molecule has 0 bridgehead atoms. The van der Waals surface area contributed by atoms with Crippen molar-refractivity contribution in [3.8, 4) is 0 Å². The third-order valence-corrected chi connectivity index (χ3v) is 7.15. The fourth-order valence-electron chi connectivity index (χ4n) is 5.59. The molecular weight excluding hydrogens is 472 g/mol. The highest BCUT2D eigenvalue weighted by molar-refractivity contribution is 6.26. The molecule has 9 heteroatoms. The van der Waals surface area contributed by atoms with Crippen molar-refractivity contribution in [3.05, 3.63) is 95.6 Å². The number of ether oxygens (including phenoxy) is 1. The van der Waals surface area contributed by atoms with E-state index in [1.54, 1.807) is 47.6 Å². The molecule has 3 amide bonds. The number of hydrazone groups is 1. The SMILES string of the molecule is COC(=O)c1ccccc1N1C(=O)[C@H]2[C@@H](C1=O)C1c3ccccc3C=NN1[C@H]2C(=O)Nc1ccccc1. The molecule has 0 saturated carbocycles. The Hall–Kier alpha value is -4.79. The van der Waals surface area contributed by atoms with Crippen LogP contribution in [0.25, 0.3) is 0 Å². The summed E-state index contributed by atoms with van der Waals surface area (Å²) < 4.78 is 4.88. The number of nitrogens with zero attached hydrogens (tertiary/aromatic N) is 3. The Morgan fingerprint density at radius 2 is 1.54 bits per heavy atom. The lowest BCUT2D eigenvalue weighted by molar-refractivity contribution is -0.129. The van der Waals surface area contributed by atoms with Gasteiger partial charge in [-0.2, -0.15) is 5.10 Å². The average molecular weight is 495 g/mol. The molecule has 6 rings (SSSR count). The number of amides is 3. The van der Waals surface area contributed by atoms with Crippen molar-refractivity contribution in [1.29, 1.82) is 0 Å². The molecule has 3 heterocycles. The van der Waals surface area contributed by atoms with Crippen LogP contribution in [0.3, 0.4) is 0 Å². The molecule has 2 saturated heterocycles. The molecule has 3 aromatic carbocycles. The molecule has 0 radical (unpaired) electrons. The van der Waals surface area contributed by atoms with E-state index >= 15 is 0 Å². The molecule has 3 aliphatic rings. The molecule has 0 aromatic heterocycles. The van der Waals surface area contributed by atoms with E-state index in [9.17, 15) is 19.2 Å². The van der Waals surface area contributed by atoms with Gasteiger partial charge in [0.25, 0.3) is 0 Å². The summed E-state index contributed by atoms with van der Waals surface area (Å²) in [4.78, 5) is 55.1. The quantitative estimate of drug-likeness (QED) is 0.441. The summed E-state index contributed by atoms with van der Waals surface area (Å²) in [6, 6.07) is 21.1. The van der Waals surface area contributed by atoms with Crippen molar-refractivity contribution < 1.29 is 23.9 Å². The lowest BCUT2D eigenvalue weighted by Crippen LogP contribution is -2.46. The van der Waals surface area contributed by atoms with E-state index in [1.807, 2.05) is 30.3 Å². The van der Waals surface area contributed by atoms with Crippen molar-refractivity contribution in [2.24, 2.45) is 16.9 Å². The largest absolute Gasteiger partial charge is 0.465 e. The van der Waals surface area contributed by atoms with Crippen molar-refractivity contribution in [3.63, 3.8) is 0 Å². The predicted molar refractivity (Wildman–Crippen MR) is 135 cm³/mol. The van der Waals surface area contributed by atoms with Gasteiger partial charge in [0, 0.05) is 5.69 Å². The number of hydrogen-bond acceptors (Lipinski definition) is 7. The Bertz CT molecular complexity index is 1470. The van der Waals surface area contributed by atoms with Crippen molar-refractivity contribution in [2.45, 2.75) is 12.1 Å². The number of carbonyl (C=O) groups is 4. The fraction of sp³-hybridized carbons (Fsp3) is 0.179. The first kappa shape index (κ1) is 22.7. The number of nitrogens with one attached hydrogen (secondary N) is 1. The van der Waals surface area contributed by atoms with Crippen LogP contribution in [0.2, 0.25) is 0 Å². The summed E-state index contributed by atoms with van der Waals surface area (Å²) >= 11 is 0. The van der Waals surface area contributed by atoms with E-state index in [4.69, 9.17) is 4.74 Å². The van der Waals surface area contributed by atoms with Crippen LogP contribution >= 0.6 is 0 Å². The van der Waals surface area contributed by atoms with Crippen molar-refractivity contribution >= 4 is 41.3 Å². The number of fused-ring (bicyclic) bond motifs is 5. The molecular formula is C28H22N4O5. The number of rotatable bonds is 4. The van der Waals surface area contributed by atoms with Gasteiger partial charge in [-0.3, -0.25) is 19.4 Å². The highest BCUT2D eigenvalue weighted by Crippen LogP contribution is 2.53. The Morgan fingerprint density at radius 1 is 0.865 bits per heavy atom. The number of imide groups is 1. The second-order valence-electron chi connectivity index (χ2n) is 9.07. The second kappa shape index (κ2) is 8.70. The van der Waals surface area contributed by atoms with E-state index in [1.165, 1.54) is 19.2 Å². The van der Waals surface area contributed by atoms with Gasteiger partial charge in [0.05, 0.1) is 42.5 Å². The minimum absolute atomic E-state index is 0.0934. The third kappa shape index (κ3) is 3.42. The number of para-hydroxylation sites is 2. The van der Waals surface area contributed by atoms with Gasteiger partial charge in [0.2, 0.25) is 17.7 Å². The van der Waals surface area contributed by atoms with Gasteiger partial charge in [-0.15, -0.1) is 0 Å². The Kier molecular flexibility index (Phi) is 5.33. The molecule has 1 N–H and O–H groups in total. The van der Waals surface area contributed by atoms with E-state index < -0.39 is 47.6 Å². The van der Waals surface area contributed by atoms with Gasteiger partial charge in [-0.25, -0.2) is 9.69 Å². The first-order chi connectivity index (χ1) is 18.0. The molecule has 3 aromatic rings. The zero-order chi connectivity index (χ0) is 25.7. The first-order valence-corrected chi connectivity index (χ1v) is 11.8. The molecule has 3 aliphatic heterocycles. The first-order valence-electron chi connectivity index (χ1n) is 11.8. The van der Waals surface area contributed by atoms with Crippen LogP contribution in [0.5, 0.6) is 0 Å². The van der Waals surface area contributed by atoms with Gasteiger partial charge >= 0.3 is 5.97 Å². The summed E-state index contributed by atoms with van der Waals surface area (Å²) in [5.41, 5.74) is 2.43. The monoisotopic (exact) mass is 494 g/mol. The lowest BCUT2D eigenvalue weighted by Gasteiger charge is -2.33. The van der Waals surface area contributed by atoms with Crippen LogP contribution in [0.4, 0.5) is 11.4 Å². The van der Waals surface area contributed by atoms with Crippen molar-refractivity contribution in [1.82, 2.24) is 5.01 Å². The maximum atomic E-state index is 14.0. The number of benzene rings is 3. The number of hydrogen-bond donors (Lipinski definition) is 1. The van der Waals surface area contributed by atoms with E-state index in [0.29, 0.717) is 5.69 Å². The summed E-state index contributed by atoms with van der Waals surface area (Å²) in [5.74, 6) is -4.02. The second-order valence-corrected chi connectivity index (χ2v) is 9.07. The zero-order valence-electron chi connectivity index (χ0n) is 19.8. The minimum Gasteiger partial charge on any atom is -0.465 e. The minimum atomic E-state index is -1.04. The van der Waals surface area contributed by atoms with E-state index in [2.05, 4.69) is 10.4 Å². The summed E-state index contributed by atoms with van der Waals surface area (Å²) in [5, 5.41) is 8.99. The standard InChI is InChI=1S/C28H22N4O5/c1-37-28(36)19-13-7-8-14-20(19)31-26(34)21-22(27(31)35)24(25(33)30-17-10-3-2-4-11-17)32-23(21)18-12-6-5-9-16(18)15-29-32/h2-15,21-24H,1H3,(H,30,33)/t21-,22+,23?,24-/m1/s1. The Morgan fingerprint density at radius 3 is 2.32 bits per heavy atom. The zero-order valence-corrected chi connectivity index (χ0v) is 19.8. The smallest absolute Gasteiger partial charge is 0.339 e. The van der Waals surface area contributed by atoms with Crippen LogP contribution in [0.15, 0.2) is 84.0 Å². The predicted octanol–water partition coefficient (Wildman–Crippen LogP) is 2.99. The normalized spacial score (nSPS) is 23.4. The van der Waals surface area contributed by atoms with Crippen LogP contribution in [0.1, 0.15) is 27.5 Å². The number of carbonyl (C=O) groups excluding carboxylic acids is 4.